The zero-order chi connectivity index (χ0) is 21.4. The number of benzene rings is 1. The Kier molecular flexibility index (Phi) is 3.79. The zero-order valence-electron chi connectivity index (χ0n) is 14.5. The van der Waals surface area contributed by atoms with Gasteiger partial charge < -0.3 is 0 Å². The first-order valence-corrected chi connectivity index (χ1v) is 7.84. The lowest BCUT2D eigenvalue weighted by molar-refractivity contribution is 1.16. The van der Waals surface area contributed by atoms with E-state index in [-0.39, 0.29) is 67.3 Å². The van der Waals surface area contributed by atoms with Crippen LogP contribution in [-0.4, -0.2) is 29.9 Å². The van der Waals surface area contributed by atoms with Crippen LogP contribution < -0.4 is 0 Å². The maximum atomic E-state index is 9.34. The van der Waals surface area contributed by atoms with Gasteiger partial charge in [0.05, 0.1) is 0 Å². The van der Waals surface area contributed by atoms with E-state index in [0.717, 1.165) is 0 Å². The Morgan fingerprint density at radius 3 is 0.800 bits per heavy atom. The van der Waals surface area contributed by atoms with Crippen LogP contribution in [0.5, 0.6) is 0 Å². The molecule has 4 aromatic rings. The highest BCUT2D eigenvalue weighted by atomic mass is 14.9. The van der Waals surface area contributed by atoms with Gasteiger partial charge in [-0.25, -0.2) is 29.9 Å². The highest BCUT2D eigenvalue weighted by molar-refractivity contribution is 6.18. The van der Waals surface area contributed by atoms with Crippen LogP contribution in [0.1, 0.15) is 34.2 Å². The summed E-state index contributed by atoms with van der Waals surface area (Å²) in [6, 6.07) is 8.91. The Bertz CT molecular complexity index is 1350. The molecule has 0 aliphatic rings. The second-order valence-corrected chi connectivity index (χ2v) is 5.56. The summed E-state index contributed by atoms with van der Waals surface area (Å²) in [6.45, 7) is 0. The van der Waals surface area contributed by atoms with Crippen LogP contribution in [0.2, 0.25) is 0 Å². The number of rotatable bonds is 0. The third-order valence-electron chi connectivity index (χ3n) is 4.03. The predicted octanol–water partition coefficient (Wildman–Crippen LogP) is 0.856. The largest absolute Gasteiger partial charge is 0.232 e. The number of fused-ring (bicyclic) bond motifs is 6. The number of hydrogen-bond donors (Lipinski definition) is 0. The van der Waals surface area contributed by atoms with Crippen molar-refractivity contribution in [1.29, 1.82) is 26.3 Å². The summed E-state index contributed by atoms with van der Waals surface area (Å²) in [4.78, 5) is 25.0. The van der Waals surface area contributed by atoms with Gasteiger partial charge in [0, 0.05) is 0 Å². The topological polar surface area (TPSA) is 196 Å². The van der Waals surface area contributed by atoms with E-state index in [0.29, 0.717) is 0 Å². The second-order valence-electron chi connectivity index (χ2n) is 5.56. The molecular weight excluding hydrogens is 382 g/mol. The molecule has 0 atom stereocenters. The Morgan fingerprint density at radius 2 is 0.600 bits per heavy atom. The molecule has 0 saturated heterocycles. The average molecular weight is 383 g/mol. The van der Waals surface area contributed by atoms with E-state index in [9.17, 15) is 26.3 Å². The Morgan fingerprint density at radius 1 is 0.400 bits per heavy atom. The normalized spacial score (nSPS) is 9.80. The number of nitrogens with zero attached hydrogens (tertiary/aromatic N) is 11. The summed E-state index contributed by atoms with van der Waals surface area (Å²) in [5, 5.41) is 46.6. The van der Waals surface area contributed by atoms with Crippen molar-refractivity contribution in [2.75, 3.05) is 0 Å². The molecule has 0 saturated carbocycles. The van der Waals surface area contributed by atoms with Gasteiger partial charge in [0.2, 0.25) is 0 Å². The number of terminal acetylenes is 1. The molecule has 11 nitrogen and oxygen atoms in total. The summed E-state index contributed by atoms with van der Waals surface area (Å²) in [7, 11) is 0. The molecule has 3 heterocycles. The average Bonchev–Trinajstić information content (AvgIpc) is 2.81. The van der Waals surface area contributed by atoms with Crippen LogP contribution in [0.25, 0.3) is 33.1 Å². The molecule has 11 heteroatoms. The molecule has 0 spiro atoms. The predicted molar refractivity (Wildman–Crippen MR) is 97.2 cm³/mol. The van der Waals surface area contributed by atoms with Gasteiger partial charge in [0.1, 0.15) is 69.1 Å². The van der Waals surface area contributed by atoms with Gasteiger partial charge in [-0.3, -0.25) is 0 Å². The first-order chi connectivity index (χ1) is 14.6. The molecule has 30 heavy (non-hydrogen) atoms. The molecule has 4 rings (SSSR count). The molecule has 0 aliphatic carbocycles. The van der Waals surface area contributed by atoms with Gasteiger partial charge in [-0.15, -0.1) is 6.42 Å². The minimum absolute atomic E-state index is 0.00758. The molecule has 3 aromatic heterocycles. The number of hydrogen-bond acceptors (Lipinski definition) is 11. The van der Waals surface area contributed by atoms with Crippen molar-refractivity contribution >= 4 is 33.1 Å². The molecular formula is C19HN11. The molecule has 0 radical (unpaired) electrons. The molecule has 1 aromatic carbocycles. The van der Waals surface area contributed by atoms with Crippen molar-refractivity contribution < 1.29 is 0 Å². The number of nitriles is 5. The SMILES string of the molecule is C#Cc1nc2c(nc1C#N)c1nc(C#N)c(C#N)nc1c1nc(C#N)c(C#N)nc21. The van der Waals surface area contributed by atoms with Crippen LogP contribution >= 0.6 is 0 Å². The van der Waals surface area contributed by atoms with Gasteiger partial charge in [-0.1, -0.05) is 0 Å². The second kappa shape index (κ2) is 6.45. The van der Waals surface area contributed by atoms with Gasteiger partial charge in [-0.05, 0) is 5.92 Å². The Hall–Kier alpha value is -5.75. The van der Waals surface area contributed by atoms with Gasteiger partial charge in [0.15, 0.2) is 28.5 Å². The van der Waals surface area contributed by atoms with Gasteiger partial charge in [0.25, 0.3) is 0 Å². The molecule has 0 unspecified atom stereocenters. The quantitative estimate of drug-likeness (QED) is 0.308. The first kappa shape index (κ1) is 17.7. The monoisotopic (exact) mass is 383 g/mol. The van der Waals surface area contributed by atoms with E-state index < -0.39 is 0 Å². The summed E-state index contributed by atoms with van der Waals surface area (Å²) < 4.78 is 0. The smallest absolute Gasteiger partial charge is 0.177 e. The van der Waals surface area contributed by atoms with E-state index >= 15 is 0 Å². The lowest BCUT2D eigenvalue weighted by Gasteiger charge is -2.09. The van der Waals surface area contributed by atoms with Crippen molar-refractivity contribution in [2.45, 2.75) is 0 Å². The van der Waals surface area contributed by atoms with Crippen molar-refractivity contribution in [3.05, 3.63) is 34.2 Å². The van der Waals surface area contributed by atoms with E-state index in [4.69, 9.17) is 6.42 Å². The van der Waals surface area contributed by atoms with E-state index in [2.05, 4.69) is 35.8 Å². The maximum absolute atomic E-state index is 9.34. The van der Waals surface area contributed by atoms with Crippen LogP contribution in [0, 0.1) is 69.0 Å². The Balaban J connectivity index is 2.42. The van der Waals surface area contributed by atoms with Crippen molar-refractivity contribution in [3.63, 3.8) is 0 Å². The molecule has 0 amide bonds. The van der Waals surface area contributed by atoms with Crippen LogP contribution in [0.15, 0.2) is 0 Å². The fraction of sp³-hybridized carbons (Fsp3) is 0. The number of aromatic nitrogens is 6. The zero-order valence-corrected chi connectivity index (χ0v) is 14.5. The summed E-state index contributed by atoms with van der Waals surface area (Å²) in [5.41, 5.74) is -1.15. The molecule has 132 valence electrons. The van der Waals surface area contributed by atoms with Crippen molar-refractivity contribution in [1.82, 2.24) is 29.9 Å². The van der Waals surface area contributed by atoms with Gasteiger partial charge >= 0.3 is 0 Å². The minimum atomic E-state index is -0.274. The third kappa shape index (κ3) is 2.29. The lowest BCUT2D eigenvalue weighted by atomic mass is 10.1. The highest BCUT2D eigenvalue weighted by Gasteiger charge is 2.22. The van der Waals surface area contributed by atoms with Crippen LogP contribution in [-0.2, 0) is 0 Å². The molecule has 0 bridgehead atoms. The molecule has 0 fully saturated rings. The summed E-state index contributed by atoms with van der Waals surface area (Å²) >= 11 is 0. The molecule has 0 N–H and O–H groups in total. The fourth-order valence-electron chi connectivity index (χ4n) is 2.79. The minimum Gasteiger partial charge on any atom is -0.232 e. The maximum Gasteiger partial charge on any atom is 0.177 e. The van der Waals surface area contributed by atoms with Crippen LogP contribution in [0.3, 0.4) is 0 Å². The van der Waals surface area contributed by atoms with Gasteiger partial charge in [-0.2, -0.15) is 26.3 Å². The third-order valence-corrected chi connectivity index (χ3v) is 4.03. The first-order valence-electron chi connectivity index (χ1n) is 7.84. The highest BCUT2D eigenvalue weighted by Crippen LogP contribution is 2.30. The molecule has 0 aliphatic heterocycles. The Labute approximate surface area is 166 Å². The van der Waals surface area contributed by atoms with Crippen molar-refractivity contribution in [3.8, 4) is 42.7 Å². The fourth-order valence-corrected chi connectivity index (χ4v) is 2.79. The summed E-state index contributed by atoms with van der Waals surface area (Å²) in [6.07, 6.45) is 5.42. The van der Waals surface area contributed by atoms with Crippen LogP contribution in [0.4, 0.5) is 0 Å². The van der Waals surface area contributed by atoms with E-state index in [1.165, 1.54) is 0 Å². The van der Waals surface area contributed by atoms with E-state index in [1.807, 2.05) is 6.07 Å². The lowest BCUT2D eigenvalue weighted by Crippen LogP contribution is -2.05. The standard InChI is InChI=1S/C19HN11/c1-2-8-9(3-20)26-15-14(25-8)16-18(29-11(5-22)10(4-21)27-16)19-17(15)28-12(6-23)13(7-24)30-19/h1H. The summed E-state index contributed by atoms with van der Waals surface area (Å²) in [5.74, 6) is 2.25. The van der Waals surface area contributed by atoms with E-state index in [1.54, 1.807) is 24.3 Å². The van der Waals surface area contributed by atoms with Crippen molar-refractivity contribution in [2.24, 2.45) is 0 Å².